The molecule has 0 saturated heterocycles. The van der Waals surface area contributed by atoms with Crippen LogP contribution in [0.15, 0.2) is 54.6 Å². The molecular formula is C19H20ClNO2. The summed E-state index contributed by atoms with van der Waals surface area (Å²) in [6, 6.07) is 17.2. The van der Waals surface area contributed by atoms with Crippen molar-refractivity contribution in [2.24, 2.45) is 0 Å². The maximum atomic E-state index is 12.1. The summed E-state index contributed by atoms with van der Waals surface area (Å²) in [7, 11) is 1.67. The Morgan fingerprint density at radius 1 is 0.913 bits per heavy atom. The fourth-order valence-corrected chi connectivity index (χ4v) is 2.40. The minimum atomic E-state index is -0.421. The highest BCUT2D eigenvalue weighted by Crippen LogP contribution is 2.11. The van der Waals surface area contributed by atoms with E-state index in [0.717, 1.165) is 17.5 Å². The van der Waals surface area contributed by atoms with Gasteiger partial charge in [0.05, 0.1) is 0 Å². The Bertz CT molecular complexity index is 653. The van der Waals surface area contributed by atoms with Gasteiger partial charge in [0.25, 0.3) is 5.91 Å². The average Bonchev–Trinajstić information content (AvgIpc) is 2.59. The first kappa shape index (κ1) is 17.2. The number of aryl methyl sites for hydroxylation is 1. The third kappa shape index (κ3) is 5.53. The van der Waals surface area contributed by atoms with Gasteiger partial charge in [0.15, 0.2) is 0 Å². The maximum Gasteiger partial charge on any atom is 0.289 e. The minimum Gasteiger partial charge on any atom is -0.339 e. The van der Waals surface area contributed by atoms with Crippen molar-refractivity contribution in [1.82, 2.24) is 4.90 Å². The van der Waals surface area contributed by atoms with Gasteiger partial charge in [0, 0.05) is 25.0 Å². The molecular weight excluding hydrogens is 310 g/mol. The zero-order valence-electron chi connectivity index (χ0n) is 13.2. The molecule has 23 heavy (non-hydrogen) atoms. The minimum absolute atomic E-state index is 0.218. The predicted molar refractivity (Wildman–Crippen MR) is 92.6 cm³/mol. The molecule has 0 atom stereocenters. The van der Waals surface area contributed by atoms with E-state index < -0.39 is 5.91 Å². The summed E-state index contributed by atoms with van der Waals surface area (Å²) in [6.07, 6.45) is 1.51. The van der Waals surface area contributed by atoms with E-state index in [1.54, 1.807) is 19.2 Å². The fraction of sp³-hybridized carbons (Fsp3) is 0.263. The van der Waals surface area contributed by atoms with Gasteiger partial charge < -0.3 is 4.90 Å². The fourth-order valence-electron chi connectivity index (χ4n) is 2.27. The van der Waals surface area contributed by atoms with Crippen LogP contribution in [0.1, 0.15) is 17.5 Å². The number of carbonyl (C=O) groups excluding carboxylic acids is 2. The van der Waals surface area contributed by atoms with Crippen molar-refractivity contribution < 1.29 is 9.59 Å². The van der Waals surface area contributed by atoms with Crippen LogP contribution in [0.25, 0.3) is 0 Å². The Hall–Kier alpha value is -2.13. The lowest BCUT2D eigenvalue weighted by Crippen LogP contribution is -2.34. The molecule has 0 aliphatic rings. The first-order valence-corrected chi connectivity index (χ1v) is 8.00. The van der Waals surface area contributed by atoms with Gasteiger partial charge in [-0.05, 0) is 36.1 Å². The number of carbonyl (C=O) groups is 2. The number of hydrogen-bond acceptors (Lipinski definition) is 2. The molecule has 0 heterocycles. The Balaban J connectivity index is 1.79. The van der Waals surface area contributed by atoms with Crippen LogP contribution in [0.2, 0.25) is 5.02 Å². The summed E-state index contributed by atoms with van der Waals surface area (Å²) >= 11 is 5.82. The third-order valence-electron chi connectivity index (χ3n) is 3.72. The van der Waals surface area contributed by atoms with E-state index in [2.05, 4.69) is 0 Å². The summed E-state index contributed by atoms with van der Waals surface area (Å²) in [4.78, 5) is 25.6. The Labute approximate surface area is 141 Å². The Morgan fingerprint density at radius 3 is 2.17 bits per heavy atom. The molecule has 120 valence electrons. The molecule has 0 radical (unpaired) electrons. The molecule has 0 aromatic heterocycles. The highest BCUT2D eigenvalue weighted by atomic mass is 35.5. The number of hydrogen-bond donors (Lipinski definition) is 0. The molecule has 0 unspecified atom stereocenters. The number of nitrogens with zero attached hydrogens (tertiary/aromatic N) is 1. The SMILES string of the molecule is CN(CCc1ccccc1)C(=O)C(=O)CCc1ccc(Cl)cc1. The lowest BCUT2D eigenvalue weighted by atomic mass is 10.1. The maximum absolute atomic E-state index is 12.1. The van der Waals surface area contributed by atoms with Gasteiger partial charge >= 0.3 is 0 Å². The Kier molecular flexibility index (Phi) is 6.36. The lowest BCUT2D eigenvalue weighted by Gasteiger charge is -2.16. The standard InChI is InChI=1S/C19H20ClNO2/c1-21(14-13-15-5-3-2-4-6-15)19(23)18(22)12-9-16-7-10-17(20)11-8-16/h2-8,10-11H,9,12-14H2,1H3. The highest BCUT2D eigenvalue weighted by Gasteiger charge is 2.18. The second-order valence-corrected chi connectivity index (χ2v) is 5.95. The molecule has 2 rings (SSSR count). The number of rotatable bonds is 7. The predicted octanol–water partition coefficient (Wildman–Crippen LogP) is 3.54. The van der Waals surface area contributed by atoms with Gasteiger partial charge in [-0.25, -0.2) is 0 Å². The molecule has 2 aromatic rings. The van der Waals surface area contributed by atoms with Gasteiger partial charge in [-0.15, -0.1) is 0 Å². The second kappa shape index (κ2) is 8.49. The van der Waals surface area contributed by atoms with Gasteiger partial charge in [0.2, 0.25) is 5.78 Å². The van der Waals surface area contributed by atoms with Crippen LogP contribution in [0, 0.1) is 0 Å². The zero-order chi connectivity index (χ0) is 16.7. The lowest BCUT2D eigenvalue weighted by molar-refractivity contribution is -0.143. The first-order valence-electron chi connectivity index (χ1n) is 7.63. The summed E-state index contributed by atoms with van der Waals surface area (Å²) in [5, 5.41) is 0.664. The highest BCUT2D eigenvalue weighted by molar-refractivity contribution is 6.36. The summed E-state index contributed by atoms with van der Waals surface area (Å²) in [5.41, 5.74) is 2.16. The molecule has 0 spiro atoms. The molecule has 0 saturated carbocycles. The van der Waals surface area contributed by atoms with Gasteiger partial charge in [0.1, 0.15) is 0 Å². The van der Waals surface area contributed by atoms with Crippen LogP contribution < -0.4 is 0 Å². The Morgan fingerprint density at radius 2 is 1.52 bits per heavy atom. The van der Waals surface area contributed by atoms with E-state index in [0.29, 0.717) is 18.0 Å². The quantitative estimate of drug-likeness (QED) is 0.729. The summed E-state index contributed by atoms with van der Waals surface area (Å²) in [6.45, 7) is 0.537. The van der Waals surface area contributed by atoms with Crippen LogP contribution in [-0.2, 0) is 22.4 Å². The smallest absolute Gasteiger partial charge is 0.289 e. The molecule has 0 fully saturated rings. The largest absolute Gasteiger partial charge is 0.339 e. The van der Waals surface area contributed by atoms with Crippen molar-refractivity contribution in [3.05, 3.63) is 70.7 Å². The molecule has 3 nitrogen and oxygen atoms in total. The molecule has 0 aliphatic heterocycles. The van der Waals surface area contributed by atoms with E-state index in [1.807, 2.05) is 42.5 Å². The zero-order valence-corrected chi connectivity index (χ0v) is 13.9. The average molecular weight is 330 g/mol. The van der Waals surface area contributed by atoms with Gasteiger partial charge in [-0.2, -0.15) is 0 Å². The van der Waals surface area contributed by atoms with E-state index in [9.17, 15) is 9.59 Å². The van der Waals surface area contributed by atoms with Gasteiger partial charge in [-0.1, -0.05) is 54.1 Å². The number of amides is 1. The van der Waals surface area contributed by atoms with Crippen LogP contribution >= 0.6 is 11.6 Å². The van der Waals surface area contributed by atoms with Crippen molar-refractivity contribution in [3.8, 4) is 0 Å². The van der Waals surface area contributed by atoms with Crippen molar-refractivity contribution in [1.29, 1.82) is 0 Å². The molecule has 0 N–H and O–H groups in total. The first-order chi connectivity index (χ1) is 11.1. The number of benzene rings is 2. The van der Waals surface area contributed by atoms with Crippen LogP contribution in [-0.4, -0.2) is 30.2 Å². The normalized spacial score (nSPS) is 10.3. The van der Waals surface area contributed by atoms with Gasteiger partial charge in [-0.3, -0.25) is 9.59 Å². The van der Waals surface area contributed by atoms with Crippen molar-refractivity contribution in [3.63, 3.8) is 0 Å². The van der Waals surface area contributed by atoms with Crippen molar-refractivity contribution in [2.75, 3.05) is 13.6 Å². The van der Waals surface area contributed by atoms with E-state index in [4.69, 9.17) is 11.6 Å². The topological polar surface area (TPSA) is 37.4 Å². The summed E-state index contributed by atoms with van der Waals surface area (Å²) < 4.78 is 0. The van der Waals surface area contributed by atoms with E-state index in [1.165, 1.54) is 4.90 Å². The molecule has 0 bridgehead atoms. The van der Waals surface area contributed by atoms with Crippen LogP contribution in [0.4, 0.5) is 0 Å². The third-order valence-corrected chi connectivity index (χ3v) is 3.97. The molecule has 4 heteroatoms. The van der Waals surface area contributed by atoms with E-state index in [-0.39, 0.29) is 12.2 Å². The molecule has 0 aliphatic carbocycles. The van der Waals surface area contributed by atoms with Crippen molar-refractivity contribution >= 4 is 23.3 Å². The number of ketones is 1. The van der Waals surface area contributed by atoms with Crippen molar-refractivity contribution in [2.45, 2.75) is 19.3 Å². The second-order valence-electron chi connectivity index (χ2n) is 5.51. The number of Topliss-reactive ketones (excluding diaryl/α,β-unsaturated/α-hetero) is 1. The number of likely N-dealkylation sites (N-methyl/N-ethyl adjacent to an activating group) is 1. The van der Waals surface area contributed by atoms with Crippen LogP contribution in [0.5, 0.6) is 0 Å². The molecule has 2 aromatic carbocycles. The van der Waals surface area contributed by atoms with E-state index >= 15 is 0 Å². The molecule has 1 amide bonds. The van der Waals surface area contributed by atoms with Crippen LogP contribution in [0.3, 0.4) is 0 Å². The monoisotopic (exact) mass is 329 g/mol. The number of halogens is 1. The summed E-state index contributed by atoms with van der Waals surface area (Å²) in [5.74, 6) is -0.773.